The smallest absolute Gasteiger partial charge is 0.281 e. The third-order valence-corrected chi connectivity index (χ3v) is 9.00. The highest BCUT2D eigenvalue weighted by atomic mass is 32.2. The van der Waals surface area contributed by atoms with Crippen LogP contribution in [-0.4, -0.2) is 81.8 Å². The van der Waals surface area contributed by atoms with Crippen molar-refractivity contribution in [3.05, 3.63) is 58.6 Å². The SMILES string of the molecule is CCCOc1ccc(S(=O)(=O)N2CCN(C)CC2)cc1-c1nc2c(CCC)n(-c3ccccn3)nc2c(=O)n1C. The lowest BCUT2D eigenvalue weighted by molar-refractivity contribution is 0.222. The summed E-state index contributed by atoms with van der Waals surface area (Å²) in [5.41, 5.74) is 1.59. The van der Waals surface area contributed by atoms with Crippen LogP contribution < -0.4 is 10.3 Å². The second kappa shape index (κ2) is 11.5. The second-order valence-electron chi connectivity index (χ2n) is 10.0. The van der Waals surface area contributed by atoms with E-state index in [9.17, 15) is 13.2 Å². The Hall–Kier alpha value is -3.61. The van der Waals surface area contributed by atoms with Crippen LogP contribution in [0.3, 0.4) is 0 Å². The summed E-state index contributed by atoms with van der Waals surface area (Å²) in [4.78, 5) is 25.3. The predicted molar refractivity (Wildman–Crippen MR) is 153 cm³/mol. The summed E-state index contributed by atoms with van der Waals surface area (Å²) in [7, 11) is -0.157. The fourth-order valence-corrected chi connectivity index (χ4v) is 6.32. The average Bonchev–Trinajstić information content (AvgIpc) is 3.33. The van der Waals surface area contributed by atoms with Crippen LogP contribution in [0.4, 0.5) is 0 Å². The molecule has 0 radical (unpaired) electrons. The molecule has 212 valence electrons. The van der Waals surface area contributed by atoms with E-state index >= 15 is 0 Å². The van der Waals surface area contributed by atoms with E-state index in [1.165, 1.54) is 8.87 Å². The van der Waals surface area contributed by atoms with Crippen LogP contribution in [0.1, 0.15) is 32.4 Å². The number of piperazine rings is 1. The van der Waals surface area contributed by atoms with Gasteiger partial charge in [0, 0.05) is 39.4 Å². The van der Waals surface area contributed by atoms with E-state index in [0.29, 0.717) is 67.7 Å². The van der Waals surface area contributed by atoms with E-state index in [1.54, 1.807) is 36.1 Å². The van der Waals surface area contributed by atoms with Crippen molar-refractivity contribution in [3.8, 4) is 23.0 Å². The topological polar surface area (TPSA) is 115 Å². The van der Waals surface area contributed by atoms with Crippen molar-refractivity contribution in [2.24, 2.45) is 7.05 Å². The zero-order chi connectivity index (χ0) is 28.4. The van der Waals surface area contributed by atoms with Gasteiger partial charge in [0.2, 0.25) is 10.0 Å². The monoisotopic (exact) mass is 565 g/mol. The number of aromatic nitrogens is 5. The van der Waals surface area contributed by atoms with Gasteiger partial charge in [-0.05, 0) is 50.2 Å². The van der Waals surface area contributed by atoms with Crippen molar-refractivity contribution in [1.29, 1.82) is 0 Å². The normalized spacial score (nSPS) is 15.1. The molecule has 0 aliphatic carbocycles. The zero-order valence-electron chi connectivity index (χ0n) is 23.4. The summed E-state index contributed by atoms with van der Waals surface area (Å²) in [5.74, 6) is 1.38. The van der Waals surface area contributed by atoms with Gasteiger partial charge in [0.1, 0.15) is 17.1 Å². The van der Waals surface area contributed by atoms with Gasteiger partial charge in [0.05, 0.1) is 22.8 Å². The molecule has 1 saturated heterocycles. The van der Waals surface area contributed by atoms with Gasteiger partial charge >= 0.3 is 0 Å². The summed E-state index contributed by atoms with van der Waals surface area (Å²) in [6, 6.07) is 10.3. The number of fused-ring (bicyclic) bond motifs is 1. The molecule has 40 heavy (non-hydrogen) atoms. The number of ether oxygens (including phenoxy) is 1. The predicted octanol–water partition coefficient (Wildman–Crippen LogP) is 2.86. The van der Waals surface area contributed by atoms with Gasteiger partial charge in [0.25, 0.3) is 5.56 Å². The molecule has 11 nitrogen and oxygen atoms in total. The Bertz CT molecular complexity index is 1670. The first-order valence-electron chi connectivity index (χ1n) is 13.6. The van der Waals surface area contributed by atoms with E-state index in [-0.39, 0.29) is 16.0 Å². The highest BCUT2D eigenvalue weighted by Gasteiger charge is 2.29. The molecule has 0 amide bonds. The Morgan fingerprint density at radius 1 is 0.975 bits per heavy atom. The molecule has 0 unspecified atom stereocenters. The molecule has 0 N–H and O–H groups in total. The molecular formula is C28H35N7O4S. The molecule has 0 spiro atoms. The number of rotatable bonds is 9. The standard InChI is InChI=1S/C28H35N7O4S/c1-5-9-22-25-26(31-35(22)24-10-7-8-13-29-24)28(36)33(4)27(30-25)21-19-20(11-12-23(21)39-18-6-2)40(37,38)34-16-14-32(3)15-17-34/h7-8,10-13,19H,5-6,9,14-18H2,1-4H3. The number of likely N-dealkylation sites (N-methyl/N-ethyl adjacent to an activating group) is 1. The Labute approximate surface area is 234 Å². The van der Waals surface area contributed by atoms with Gasteiger partial charge in [-0.2, -0.15) is 9.40 Å². The third kappa shape index (κ3) is 5.14. The molecule has 4 heterocycles. The number of hydrogen-bond donors (Lipinski definition) is 0. The fraction of sp³-hybridized carbons (Fsp3) is 0.429. The summed E-state index contributed by atoms with van der Waals surface area (Å²) in [6.45, 7) is 6.64. The van der Waals surface area contributed by atoms with Crippen molar-refractivity contribution in [3.63, 3.8) is 0 Å². The van der Waals surface area contributed by atoms with E-state index in [2.05, 4.69) is 15.0 Å². The van der Waals surface area contributed by atoms with E-state index < -0.39 is 10.0 Å². The lowest BCUT2D eigenvalue weighted by atomic mass is 10.1. The molecule has 1 fully saturated rings. The first-order chi connectivity index (χ1) is 19.3. The summed E-state index contributed by atoms with van der Waals surface area (Å²) in [6.07, 6.45) is 3.88. The summed E-state index contributed by atoms with van der Waals surface area (Å²) < 4.78 is 37.9. The van der Waals surface area contributed by atoms with E-state index in [4.69, 9.17) is 9.72 Å². The maximum atomic E-state index is 13.7. The fourth-order valence-electron chi connectivity index (χ4n) is 4.87. The Morgan fingerprint density at radius 3 is 2.42 bits per heavy atom. The number of pyridine rings is 1. The van der Waals surface area contributed by atoms with Crippen LogP contribution in [-0.2, 0) is 23.5 Å². The maximum Gasteiger partial charge on any atom is 0.281 e. The van der Waals surface area contributed by atoms with Crippen LogP contribution in [0.5, 0.6) is 5.75 Å². The minimum atomic E-state index is -3.76. The van der Waals surface area contributed by atoms with Crippen LogP contribution in [0.2, 0.25) is 0 Å². The minimum Gasteiger partial charge on any atom is -0.493 e. The zero-order valence-corrected chi connectivity index (χ0v) is 24.2. The van der Waals surface area contributed by atoms with Crippen molar-refractivity contribution in [2.75, 3.05) is 39.8 Å². The second-order valence-corrected chi connectivity index (χ2v) is 11.9. The molecule has 5 rings (SSSR count). The van der Waals surface area contributed by atoms with Crippen molar-refractivity contribution < 1.29 is 13.2 Å². The number of aryl methyl sites for hydroxylation is 1. The van der Waals surface area contributed by atoms with Gasteiger partial charge in [-0.25, -0.2) is 23.1 Å². The number of sulfonamides is 1. The molecule has 1 aliphatic rings. The molecule has 0 bridgehead atoms. The van der Waals surface area contributed by atoms with Crippen LogP contribution >= 0.6 is 0 Å². The Kier molecular flexibility index (Phi) is 8.02. The van der Waals surface area contributed by atoms with Crippen molar-refractivity contribution >= 4 is 21.1 Å². The minimum absolute atomic E-state index is 0.142. The van der Waals surface area contributed by atoms with Gasteiger partial charge in [0.15, 0.2) is 11.3 Å². The maximum absolute atomic E-state index is 13.7. The average molecular weight is 566 g/mol. The molecule has 3 aromatic heterocycles. The number of benzene rings is 1. The number of hydrogen-bond acceptors (Lipinski definition) is 8. The molecule has 12 heteroatoms. The molecule has 1 aromatic carbocycles. The van der Waals surface area contributed by atoms with Gasteiger partial charge < -0.3 is 9.64 Å². The van der Waals surface area contributed by atoms with Crippen molar-refractivity contribution in [1.82, 2.24) is 33.5 Å². The quantitative estimate of drug-likeness (QED) is 0.304. The summed E-state index contributed by atoms with van der Waals surface area (Å²) in [5, 5.41) is 4.61. The molecule has 1 aliphatic heterocycles. The van der Waals surface area contributed by atoms with Gasteiger partial charge in [-0.1, -0.05) is 26.3 Å². The molecule has 0 saturated carbocycles. The first-order valence-corrected chi connectivity index (χ1v) is 15.1. The van der Waals surface area contributed by atoms with E-state index in [1.807, 2.05) is 39.1 Å². The highest BCUT2D eigenvalue weighted by Crippen LogP contribution is 2.33. The largest absolute Gasteiger partial charge is 0.493 e. The van der Waals surface area contributed by atoms with E-state index in [0.717, 1.165) is 18.5 Å². The lowest BCUT2D eigenvalue weighted by Gasteiger charge is -2.31. The van der Waals surface area contributed by atoms with Gasteiger partial charge in [-0.15, -0.1) is 0 Å². The van der Waals surface area contributed by atoms with Crippen LogP contribution in [0.25, 0.3) is 28.2 Å². The van der Waals surface area contributed by atoms with Gasteiger partial charge in [-0.3, -0.25) is 9.36 Å². The Balaban J connectivity index is 1.71. The first kappa shape index (κ1) is 27.9. The highest BCUT2D eigenvalue weighted by molar-refractivity contribution is 7.89. The lowest BCUT2D eigenvalue weighted by Crippen LogP contribution is -2.47. The molecule has 0 atom stereocenters. The number of nitrogens with zero attached hydrogens (tertiary/aromatic N) is 7. The Morgan fingerprint density at radius 2 is 1.75 bits per heavy atom. The molecular weight excluding hydrogens is 530 g/mol. The third-order valence-electron chi connectivity index (χ3n) is 7.10. The molecule has 4 aromatic rings. The summed E-state index contributed by atoms with van der Waals surface area (Å²) >= 11 is 0. The van der Waals surface area contributed by atoms with Crippen LogP contribution in [0.15, 0.2) is 52.3 Å². The van der Waals surface area contributed by atoms with Crippen molar-refractivity contribution in [2.45, 2.75) is 38.0 Å². The van der Waals surface area contributed by atoms with Crippen LogP contribution in [0, 0.1) is 0 Å².